The molecule has 290 valence electrons. The molecule has 6 aliphatic rings. The lowest BCUT2D eigenvalue weighted by atomic mass is 9.77. The molecule has 4 amide bonds. The molecule has 1 unspecified atom stereocenters. The summed E-state index contributed by atoms with van der Waals surface area (Å²) in [5.74, 6) is -1.00. The number of aromatic nitrogens is 2. The summed E-state index contributed by atoms with van der Waals surface area (Å²) in [5.41, 5.74) is 4.35. The van der Waals surface area contributed by atoms with Gasteiger partial charge in [-0.15, -0.1) is 0 Å². The monoisotopic (exact) mass is 776 g/mol. The molecule has 15 heteroatoms. The van der Waals surface area contributed by atoms with Gasteiger partial charge in [0.1, 0.15) is 11.9 Å². The van der Waals surface area contributed by atoms with Gasteiger partial charge in [0.25, 0.3) is 11.8 Å². The van der Waals surface area contributed by atoms with Crippen LogP contribution in [0.1, 0.15) is 65.4 Å². The summed E-state index contributed by atoms with van der Waals surface area (Å²) in [6.07, 6.45) is 7.47. The van der Waals surface area contributed by atoms with E-state index in [-0.39, 0.29) is 24.2 Å². The molecule has 0 aliphatic carbocycles. The third-order valence-corrected chi connectivity index (χ3v) is 13.3. The van der Waals surface area contributed by atoms with Crippen molar-refractivity contribution >= 4 is 58.1 Å². The van der Waals surface area contributed by atoms with Crippen LogP contribution < -0.4 is 20.0 Å². The maximum absolute atomic E-state index is 13.3. The third-order valence-electron chi connectivity index (χ3n) is 12.9. The maximum atomic E-state index is 13.3. The molecule has 1 N–H and O–H groups in total. The summed E-state index contributed by atoms with van der Waals surface area (Å²) in [5, 5.41) is 2.76. The molecule has 0 radical (unpaired) electrons. The Morgan fingerprint density at radius 2 is 1.64 bits per heavy atom. The van der Waals surface area contributed by atoms with E-state index in [1.54, 1.807) is 12.1 Å². The van der Waals surface area contributed by atoms with Crippen molar-refractivity contribution in [3.8, 4) is 0 Å². The molecule has 56 heavy (non-hydrogen) atoms. The second kappa shape index (κ2) is 14.4. The Labute approximate surface area is 331 Å². The SMILES string of the molecule is [C-]#[N+]c1ccc(N2CC3(CCN(c4cnc(CN5CCN(C6CN(c7ccc8c(c7)C(=O)N(C7CCC(=O)NC7=O)C8=O)C6)CC5)cn4)CC3)C[C@@H]2C)cc1Cl. The van der Waals surface area contributed by atoms with Gasteiger partial charge in [-0.05, 0) is 68.4 Å². The fourth-order valence-electron chi connectivity index (χ4n) is 9.66. The van der Waals surface area contributed by atoms with E-state index in [2.05, 4.69) is 41.6 Å². The highest BCUT2D eigenvalue weighted by Crippen LogP contribution is 2.46. The van der Waals surface area contributed by atoms with Crippen LogP contribution >= 0.6 is 11.6 Å². The number of carbonyl (C=O) groups excluding carboxylic acids is 4. The standard InChI is InChI=1S/C41H45ClN10O4/c1-26-19-41(25-51(26)29-4-6-34(43-2)33(42)18-29)9-11-49(12-10-41)36-21-44-27(20-45-36)22-47-13-15-48(16-14-47)30-23-50(24-30)28-3-5-31-32(17-28)40(56)52(39(31)55)35-7-8-37(53)46-38(35)54/h3-6,17-18,20-21,26,30,35H,7-16,19,22-25H2,1H3,(H,46,53,54)/t26-,35?/m0/s1. The third kappa shape index (κ3) is 6.65. The Balaban J connectivity index is 0.725. The second-order valence-electron chi connectivity index (χ2n) is 16.3. The summed E-state index contributed by atoms with van der Waals surface area (Å²) < 4.78 is 0. The molecule has 3 aromatic rings. The number of carbonyl (C=O) groups is 4. The molecule has 6 aliphatic heterocycles. The van der Waals surface area contributed by atoms with Crippen LogP contribution in [0.15, 0.2) is 48.8 Å². The highest BCUT2D eigenvalue weighted by molar-refractivity contribution is 6.33. The van der Waals surface area contributed by atoms with Crippen molar-refractivity contribution in [3.63, 3.8) is 0 Å². The average molecular weight is 777 g/mol. The highest BCUT2D eigenvalue weighted by atomic mass is 35.5. The minimum absolute atomic E-state index is 0.0986. The van der Waals surface area contributed by atoms with Crippen molar-refractivity contribution in [2.24, 2.45) is 5.41 Å². The number of piperidine rings is 2. The predicted octanol–water partition coefficient (Wildman–Crippen LogP) is 3.97. The van der Waals surface area contributed by atoms with E-state index >= 15 is 0 Å². The van der Waals surface area contributed by atoms with Crippen LogP contribution in [0.5, 0.6) is 0 Å². The summed E-state index contributed by atoms with van der Waals surface area (Å²) in [6, 6.07) is 11.0. The van der Waals surface area contributed by atoms with Crippen LogP contribution in [0, 0.1) is 12.0 Å². The first-order valence-electron chi connectivity index (χ1n) is 19.6. The molecule has 2 aromatic carbocycles. The molecule has 14 nitrogen and oxygen atoms in total. The van der Waals surface area contributed by atoms with E-state index in [1.807, 2.05) is 36.7 Å². The molecular weight excluding hydrogens is 732 g/mol. The number of nitrogens with one attached hydrogen (secondary N) is 1. The normalized spacial score (nSPS) is 24.4. The zero-order chi connectivity index (χ0) is 38.7. The van der Waals surface area contributed by atoms with Crippen LogP contribution in [0.2, 0.25) is 5.02 Å². The minimum Gasteiger partial charge on any atom is -0.368 e. The first kappa shape index (κ1) is 36.5. The number of hydrogen-bond donors (Lipinski definition) is 1. The lowest BCUT2D eigenvalue weighted by Gasteiger charge is -2.49. The molecule has 7 heterocycles. The van der Waals surface area contributed by atoms with E-state index in [4.69, 9.17) is 28.1 Å². The Kier molecular flexibility index (Phi) is 9.42. The van der Waals surface area contributed by atoms with E-state index in [0.717, 1.165) is 112 Å². The van der Waals surface area contributed by atoms with Gasteiger partial charge in [0.15, 0.2) is 0 Å². The van der Waals surface area contributed by atoms with Gasteiger partial charge in [-0.3, -0.25) is 44.2 Å². The van der Waals surface area contributed by atoms with E-state index in [0.29, 0.717) is 33.9 Å². The van der Waals surface area contributed by atoms with Gasteiger partial charge < -0.3 is 14.7 Å². The van der Waals surface area contributed by atoms with Crippen molar-refractivity contribution in [3.05, 3.63) is 82.1 Å². The molecular formula is C41H45ClN10O4. The van der Waals surface area contributed by atoms with Crippen molar-refractivity contribution in [2.45, 2.75) is 63.7 Å². The first-order valence-corrected chi connectivity index (χ1v) is 20.0. The van der Waals surface area contributed by atoms with E-state index in [9.17, 15) is 19.2 Å². The Morgan fingerprint density at radius 1 is 0.893 bits per heavy atom. The van der Waals surface area contributed by atoms with Crippen LogP contribution in [-0.4, -0.2) is 125 Å². The smallest absolute Gasteiger partial charge is 0.262 e. The van der Waals surface area contributed by atoms with Gasteiger partial charge in [-0.1, -0.05) is 17.7 Å². The number of piperazine rings is 1. The molecule has 9 rings (SSSR count). The lowest BCUT2D eigenvalue weighted by molar-refractivity contribution is -0.136. The number of halogens is 1. The zero-order valence-electron chi connectivity index (χ0n) is 31.5. The fourth-order valence-corrected chi connectivity index (χ4v) is 9.88. The largest absolute Gasteiger partial charge is 0.368 e. The summed E-state index contributed by atoms with van der Waals surface area (Å²) in [4.78, 5) is 76.6. The Bertz CT molecular complexity index is 2120. The number of hydrogen-bond acceptors (Lipinski definition) is 11. The first-order chi connectivity index (χ1) is 27.1. The van der Waals surface area contributed by atoms with Crippen molar-refractivity contribution in [2.75, 3.05) is 73.6 Å². The lowest BCUT2D eigenvalue weighted by Crippen LogP contribution is -2.63. The summed E-state index contributed by atoms with van der Waals surface area (Å²) >= 11 is 6.38. The average Bonchev–Trinajstić information content (AvgIpc) is 3.63. The van der Waals surface area contributed by atoms with E-state index in [1.165, 1.54) is 0 Å². The molecule has 1 spiro atoms. The fraction of sp³-hybridized carbons (Fsp3) is 0.488. The zero-order valence-corrected chi connectivity index (χ0v) is 32.2. The Morgan fingerprint density at radius 3 is 2.34 bits per heavy atom. The predicted molar refractivity (Wildman–Crippen MR) is 211 cm³/mol. The second-order valence-corrected chi connectivity index (χ2v) is 16.7. The molecule has 0 bridgehead atoms. The summed E-state index contributed by atoms with van der Waals surface area (Å²) in [7, 11) is 0. The topological polar surface area (TPSA) is 130 Å². The molecule has 5 saturated heterocycles. The number of benzene rings is 2. The van der Waals surface area contributed by atoms with Gasteiger partial charge in [0.2, 0.25) is 17.5 Å². The number of anilines is 3. The van der Waals surface area contributed by atoms with Gasteiger partial charge in [-0.2, -0.15) is 0 Å². The maximum Gasteiger partial charge on any atom is 0.262 e. The summed E-state index contributed by atoms with van der Waals surface area (Å²) in [6.45, 7) is 18.8. The number of imide groups is 2. The van der Waals surface area contributed by atoms with E-state index < -0.39 is 23.8 Å². The molecule has 0 saturated carbocycles. The molecule has 2 atom stereocenters. The van der Waals surface area contributed by atoms with Crippen LogP contribution in [0.4, 0.5) is 22.9 Å². The number of amides is 4. The van der Waals surface area contributed by atoms with Crippen molar-refractivity contribution < 1.29 is 19.2 Å². The number of rotatable bonds is 7. The molecule has 5 fully saturated rings. The Hall–Kier alpha value is -5.10. The minimum atomic E-state index is -0.964. The van der Waals surface area contributed by atoms with Crippen molar-refractivity contribution in [1.29, 1.82) is 0 Å². The van der Waals surface area contributed by atoms with Gasteiger partial charge in [-0.25, -0.2) is 9.83 Å². The highest BCUT2D eigenvalue weighted by Gasteiger charge is 2.46. The van der Waals surface area contributed by atoms with Crippen LogP contribution in [-0.2, 0) is 16.1 Å². The van der Waals surface area contributed by atoms with Crippen LogP contribution in [0.25, 0.3) is 4.85 Å². The van der Waals surface area contributed by atoms with Gasteiger partial charge in [0, 0.05) is 100 Å². The van der Waals surface area contributed by atoms with Crippen molar-refractivity contribution in [1.82, 2.24) is 30.0 Å². The molecule has 1 aromatic heterocycles. The number of fused-ring (bicyclic) bond motifs is 1. The number of nitrogens with zero attached hydrogens (tertiary/aromatic N) is 9. The van der Waals surface area contributed by atoms with Crippen LogP contribution in [0.3, 0.4) is 0 Å². The van der Waals surface area contributed by atoms with Gasteiger partial charge in [0.05, 0.1) is 35.8 Å². The quantitative estimate of drug-likeness (QED) is 0.277. The van der Waals surface area contributed by atoms with Gasteiger partial charge >= 0.3 is 0 Å².